The van der Waals surface area contributed by atoms with Crippen LogP contribution in [0.4, 0.5) is 0 Å². The first-order valence-corrected chi connectivity index (χ1v) is 11.2. The number of carbonyl (C=O) groups is 2. The predicted molar refractivity (Wildman–Crippen MR) is 126 cm³/mol. The molecule has 2 unspecified atom stereocenters. The fourth-order valence-corrected chi connectivity index (χ4v) is 4.79. The lowest BCUT2D eigenvalue weighted by Crippen LogP contribution is -2.29. The van der Waals surface area contributed by atoms with Crippen LogP contribution in [0.15, 0.2) is 64.8 Å². The molecule has 0 aliphatic carbocycles. The van der Waals surface area contributed by atoms with Crippen molar-refractivity contribution in [2.24, 2.45) is 0 Å². The Morgan fingerprint density at radius 2 is 1.94 bits per heavy atom. The van der Waals surface area contributed by atoms with Crippen LogP contribution in [0.2, 0.25) is 0 Å². The maximum atomic E-state index is 13.3. The molecule has 0 spiro atoms. The summed E-state index contributed by atoms with van der Waals surface area (Å²) in [4.78, 5) is 28.0. The minimum Gasteiger partial charge on any atom is -0.507 e. The highest BCUT2D eigenvalue weighted by Crippen LogP contribution is 2.46. The summed E-state index contributed by atoms with van der Waals surface area (Å²) in [6, 6.07) is 13.0. The third-order valence-corrected chi connectivity index (χ3v) is 6.34. The number of rotatable bonds is 6. The van der Waals surface area contributed by atoms with E-state index in [2.05, 4.69) is 0 Å². The van der Waals surface area contributed by atoms with Gasteiger partial charge in [0.1, 0.15) is 23.4 Å². The van der Waals surface area contributed by atoms with Crippen LogP contribution in [0.5, 0.6) is 17.2 Å². The number of likely N-dealkylation sites (tertiary alicyclic amines) is 1. The molecule has 35 heavy (non-hydrogen) atoms. The second-order valence-electron chi connectivity index (χ2n) is 8.54. The number of amides is 1. The van der Waals surface area contributed by atoms with Gasteiger partial charge in [-0.15, -0.1) is 0 Å². The van der Waals surface area contributed by atoms with Gasteiger partial charge in [-0.2, -0.15) is 0 Å². The zero-order valence-electron chi connectivity index (χ0n) is 19.6. The minimum atomic E-state index is -0.923. The highest BCUT2D eigenvalue weighted by atomic mass is 16.5. The second kappa shape index (κ2) is 8.87. The molecule has 180 valence electrons. The Kier molecular flexibility index (Phi) is 5.72. The molecule has 0 saturated carbocycles. The van der Waals surface area contributed by atoms with Crippen LogP contribution in [-0.4, -0.2) is 42.0 Å². The van der Waals surface area contributed by atoms with Crippen LogP contribution in [0, 0.1) is 0 Å². The largest absolute Gasteiger partial charge is 0.507 e. The predicted octanol–water partition coefficient (Wildman–Crippen LogP) is 4.24. The van der Waals surface area contributed by atoms with Gasteiger partial charge >= 0.3 is 0 Å². The van der Waals surface area contributed by atoms with E-state index in [1.807, 2.05) is 6.92 Å². The molecule has 3 heterocycles. The summed E-state index contributed by atoms with van der Waals surface area (Å²) < 4.78 is 22.3. The number of furan rings is 1. The number of aliphatic hydroxyl groups is 1. The molecule has 3 aromatic rings. The van der Waals surface area contributed by atoms with E-state index in [1.54, 1.807) is 48.5 Å². The Bertz CT molecular complexity index is 1330. The maximum absolute atomic E-state index is 13.3. The van der Waals surface area contributed by atoms with Crippen molar-refractivity contribution >= 4 is 17.4 Å². The molecule has 0 bridgehead atoms. The number of nitrogens with zero attached hydrogens (tertiary/aromatic N) is 1. The summed E-state index contributed by atoms with van der Waals surface area (Å²) in [5, 5.41) is 11.4. The SMILES string of the molecule is COc1cccc(C2C(=C(O)c3ccc4c(c3)CC(C)O4)C(=O)C(=O)N2Cc2ccco2)c1OC. The van der Waals surface area contributed by atoms with Gasteiger partial charge in [0.25, 0.3) is 11.7 Å². The first-order chi connectivity index (χ1) is 16.9. The summed E-state index contributed by atoms with van der Waals surface area (Å²) in [6.45, 7) is 2.00. The Balaban J connectivity index is 1.69. The van der Waals surface area contributed by atoms with Crippen molar-refractivity contribution in [2.45, 2.75) is 32.0 Å². The first-order valence-electron chi connectivity index (χ1n) is 11.2. The molecule has 1 amide bonds. The average molecular weight is 475 g/mol. The molecule has 8 heteroatoms. The molecule has 1 N–H and O–H groups in total. The van der Waals surface area contributed by atoms with Gasteiger partial charge in [-0.1, -0.05) is 12.1 Å². The van der Waals surface area contributed by atoms with Crippen molar-refractivity contribution in [2.75, 3.05) is 14.2 Å². The molecule has 8 nitrogen and oxygen atoms in total. The third-order valence-electron chi connectivity index (χ3n) is 6.34. The highest BCUT2D eigenvalue weighted by molar-refractivity contribution is 6.46. The van der Waals surface area contributed by atoms with Gasteiger partial charge in [0.2, 0.25) is 0 Å². The molecule has 2 aliphatic rings. The molecule has 0 radical (unpaired) electrons. The van der Waals surface area contributed by atoms with Gasteiger partial charge in [0.15, 0.2) is 11.5 Å². The molecule has 5 rings (SSSR count). The number of fused-ring (bicyclic) bond motifs is 1. The summed E-state index contributed by atoms with van der Waals surface area (Å²) in [5.41, 5.74) is 1.85. The lowest BCUT2D eigenvalue weighted by atomic mass is 9.93. The Hall–Kier alpha value is -4.20. The number of Topliss-reactive ketones (excluding diaryl/α,β-unsaturated/α-hetero) is 1. The van der Waals surface area contributed by atoms with Crippen LogP contribution in [0.1, 0.15) is 35.4 Å². The zero-order chi connectivity index (χ0) is 24.7. The Morgan fingerprint density at radius 3 is 2.66 bits per heavy atom. The smallest absolute Gasteiger partial charge is 0.296 e. The summed E-state index contributed by atoms with van der Waals surface area (Å²) in [5.74, 6) is 0.277. The molecule has 2 aromatic carbocycles. The summed E-state index contributed by atoms with van der Waals surface area (Å²) in [7, 11) is 3.00. The maximum Gasteiger partial charge on any atom is 0.296 e. The molecular weight excluding hydrogens is 450 g/mol. The lowest BCUT2D eigenvalue weighted by molar-refractivity contribution is -0.140. The van der Waals surface area contributed by atoms with Crippen molar-refractivity contribution in [3.63, 3.8) is 0 Å². The van der Waals surface area contributed by atoms with Gasteiger partial charge in [0, 0.05) is 17.5 Å². The number of methoxy groups -OCH3 is 2. The number of benzene rings is 2. The number of ketones is 1. The minimum absolute atomic E-state index is 0.0278. The number of carbonyl (C=O) groups excluding carboxylic acids is 2. The molecule has 1 saturated heterocycles. The number of para-hydroxylation sites is 1. The summed E-state index contributed by atoms with van der Waals surface area (Å²) in [6.07, 6.45) is 2.22. The quantitative estimate of drug-likeness (QED) is 0.323. The van der Waals surface area contributed by atoms with Gasteiger partial charge < -0.3 is 28.6 Å². The number of aliphatic hydroxyl groups excluding tert-OH is 1. The van der Waals surface area contributed by atoms with Crippen LogP contribution >= 0.6 is 0 Å². The van der Waals surface area contributed by atoms with Crippen LogP contribution in [-0.2, 0) is 22.6 Å². The summed E-state index contributed by atoms with van der Waals surface area (Å²) >= 11 is 0. The van der Waals surface area contributed by atoms with E-state index in [1.165, 1.54) is 25.4 Å². The van der Waals surface area contributed by atoms with Crippen molar-refractivity contribution in [3.8, 4) is 17.2 Å². The number of hydrogen-bond acceptors (Lipinski definition) is 7. The normalized spacial score (nSPS) is 20.6. The van der Waals surface area contributed by atoms with Crippen LogP contribution < -0.4 is 14.2 Å². The molecule has 2 aliphatic heterocycles. The van der Waals surface area contributed by atoms with E-state index < -0.39 is 17.7 Å². The van der Waals surface area contributed by atoms with E-state index in [9.17, 15) is 14.7 Å². The van der Waals surface area contributed by atoms with E-state index >= 15 is 0 Å². The number of hydrogen-bond donors (Lipinski definition) is 1. The average Bonchev–Trinajstić information content (AvgIpc) is 3.57. The molecule has 1 fully saturated rings. The van der Waals surface area contributed by atoms with E-state index in [0.717, 1.165) is 11.3 Å². The second-order valence-corrected chi connectivity index (χ2v) is 8.54. The Morgan fingerprint density at radius 1 is 1.11 bits per heavy atom. The van der Waals surface area contributed by atoms with E-state index in [4.69, 9.17) is 18.6 Å². The number of ether oxygens (including phenoxy) is 3. The standard InChI is InChI=1S/C27H25NO7/c1-15-12-17-13-16(9-10-20(17)35-15)24(29)22-23(19-7-4-8-21(32-2)26(19)33-3)28(27(31)25(22)30)14-18-6-5-11-34-18/h4-11,13,15,23,29H,12,14H2,1-3H3. The van der Waals surface area contributed by atoms with Crippen molar-refractivity contribution in [3.05, 3.63) is 82.8 Å². The van der Waals surface area contributed by atoms with Crippen LogP contribution in [0.3, 0.4) is 0 Å². The third kappa shape index (κ3) is 3.80. The van der Waals surface area contributed by atoms with Gasteiger partial charge in [0.05, 0.1) is 38.6 Å². The lowest BCUT2D eigenvalue weighted by Gasteiger charge is -2.26. The fourth-order valence-electron chi connectivity index (χ4n) is 4.79. The zero-order valence-corrected chi connectivity index (χ0v) is 19.6. The highest BCUT2D eigenvalue weighted by Gasteiger charge is 2.47. The molecular formula is C27H25NO7. The van der Waals surface area contributed by atoms with E-state index in [0.29, 0.717) is 34.8 Å². The van der Waals surface area contributed by atoms with Crippen molar-refractivity contribution < 1.29 is 33.3 Å². The van der Waals surface area contributed by atoms with Gasteiger partial charge in [-0.3, -0.25) is 9.59 Å². The fraction of sp³-hybridized carbons (Fsp3) is 0.259. The Labute approximate surface area is 202 Å². The van der Waals surface area contributed by atoms with Crippen molar-refractivity contribution in [1.29, 1.82) is 0 Å². The first kappa shape index (κ1) is 22.6. The van der Waals surface area contributed by atoms with Gasteiger partial charge in [-0.25, -0.2) is 0 Å². The monoisotopic (exact) mass is 475 g/mol. The van der Waals surface area contributed by atoms with E-state index in [-0.39, 0.29) is 24.0 Å². The molecule has 1 aromatic heterocycles. The topological polar surface area (TPSA) is 98.4 Å². The van der Waals surface area contributed by atoms with Crippen molar-refractivity contribution in [1.82, 2.24) is 4.90 Å². The molecule has 2 atom stereocenters. The van der Waals surface area contributed by atoms with Crippen LogP contribution in [0.25, 0.3) is 5.76 Å². The van der Waals surface area contributed by atoms with Gasteiger partial charge in [-0.05, 0) is 48.9 Å².